The Morgan fingerprint density at radius 2 is 1.32 bits per heavy atom. The third-order valence-electron chi connectivity index (χ3n) is 8.88. The number of fused-ring (bicyclic) bond motifs is 4. The molecule has 1 aliphatic carbocycles. The first-order valence-electron chi connectivity index (χ1n) is 16.5. The molecule has 2 aromatic heterocycles. The third kappa shape index (κ3) is 5.50. The number of hydrogen-bond acceptors (Lipinski definition) is 6. The van der Waals surface area contributed by atoms with Gasteiger partial charge in [0.2, 0.25) is 0 Å². The molecule has 3 heterocycles. The van der Waals surface area contributed by atoms with Crippen LogP contribution in [0.2, 0.25) is 0 Å². The van der Waals surface area contributed by atoms with E-state index in [1.807, 2.05) is 134 Å². The van der Waals surface area contributed by atoms with Crippen molar-refractivity contribution in [2.24, 2.45) is 15.9 Å². The fourth-order valence-corrected chi connectivity index (χ4v) is 6.47. The zero-order chi connectivity index (χ0) is 33.3. The number of amidine groups is 1. The molecule has 7 heteroatoms. The molecule has 9 rings (SSSR count). The maximum atomic E-state index is 6.79. The molecule has 7 aromatic rings. The molecule has 0 fully saturated rings. The summed E-state index contributed by atoms with van der Waals surface area (Å²) in [6, 6.07) is 43.9. The summed E-state index contributed by atoms with van der Waals surface area (Å²) in [5, 5.41) is 0.923. The van der Waals surface area contributed by atoms with E-state index in [-0.39, 0.29) is 12.0 Å². The topological polar surface area (TPSA) is 85.8 Å². The summed E-state index contributed by atoms with van der Waals surface area (Å²) < 4.78 is 12.6. The van der Waals surface area contributed by atoms with Gasteiger partial charge in [-0.05, 0) is 23.8 Å². The average molecular weight is 648 g/mol. The molecule has 50 heavy (non-hydrogen) atoms. The molecule has 0 bridgehead atoms. The molecule has 7 nitrogen and oxygen atoms in total. The van der Waals surface area contributed by atoms with E-state index in [2.05, 4.69) is 24.3 Å². The van der Waals surface area contributed by atoms with E-state index in [4.69, 9.17) is 34.1 Å². The number of aliphatic imine (C=N–C) groups is 2. The molecule has 238 valence electrons. The zero-order valence-corrected chi connectivity index (χ0v) is 26.8. The molecular formula is C43H29N5O2. The first-order valence-corrected chi connectivity index (χ1v) is 16.5. The van der Waals surface area contributed by atoms with Gasteiger partial charge in [-0.15, -0.1) is 0 Å². The molecule has 0 amide bonds. The van der Waals surface area contributed by atoms with Crippen molar-refractivity contribution >= 4 is 34.3 Å². The smallest absolute Gasteiger partial charge is 0.164 e. The number of rotatable bonds is 6. The Kier molecular flexibility index (Phi) is 7.48. The number of allylic oxidation sites excluding steroid dienone is 2. The Bertz CT molecular complexity index is 2410. The van der Waals surface area contributed by atoms with Gasteiger partial charge in [-0.1, -0.05) is 133 Å². The van der Waals surface area contributed by atoms with Gasteiger partial charge in [-0.3, -0.25) is 0 Å². The predicted molar refractivity (Wildman–Crippen MR) is 199 cm³/mol. The van der Waals surface area contributed by atoms with Gasteiger partial charge in [0.15, 0.2) is 17.5 Å². The summed E-state index contributed by atoms with van der Waals surface area (Å²) in [6.07, 6.45) is 9.44. The fourth-order valence-electron chi connectivity index (χ4n) is 6.47. The second-order valence-corrected chi connectivity index (χ2v) is 12.0. The molecular weight excluding hydrogens is 619 g/mol. The highest BCUT2D eigenvalue weighted by Gasteiger charge is 2.40. The summed E-state index contributed by atoms with van der Waals surface area (Å²) in [5.41, 5.74) is 7.14. The fraction of sp³-hybridized carbons (Fsp3) is 0.0465. The maximum Gasteiger partial charge on any atom is 0.164 e. The number of ether oxygens (including phenoxy) is 1. The van der Waals surface area contributed by atoms with Crippen molar-refractivity contribution in [2.45, 2.75) is 6.10 Å². The van der Waals surface area contributed by atoms with Crippen LogP contribution in [0.1, 0.15) is 11.1 Å². The molecule has 2 atom stereocenters. The molecule has 0 saturated carbocycles. The van der Waals surface area contributed by atoms with Crippen LogP contribution in [0.15, 0.2) is 172 Å². The van der Waals surface area contributed by atoms with Gasteiger partial charge in [0.1, 0.15) is 35.2 Å². The van der Waals surface area contributed by atoms with Crippen molar-refractivity contribution in [3.63, 3.8) is 0 Å². The van der Waals surface area contributed by atoms with Crippen molar-refractivity contribution in [3.8, 4) is 39.9 Å². The molecule has 2 aliphatic rings. The van der Waals surface area contributed by atoms with E-state index in [0.717, 1.165) is 50.1 Å². The van der Waals surface area contributed by atoms with E-state index in [9.17, 15) is 0 Å². The van der Waals surface area contributed by atoms with Crippen molar-refractivity contribution in [2.75, 3.05) is 0 Å². The SMILES string of the molecule is C1=CC(C(N=Cc2ccccc2)=Nc2coc3ccccc23)C2Oc3cccc(-c4nc(-c5ccccc5)nc(-c5ccccc5)n4)c3C2=C1. The van der Waals surface area contributed by atoms with Crippen molar-refractivity contribution in [1.29, 1.82) is 0 Å². The van der Waals surface area contributed by atoms with Crippen LogP contribution in [0, 0.1) is 5.92 Å². The largest absolute Gasteiger partial charge is 0.484 e. The van der Waals surface area contributed by atoms with E-state index < -0.39 is 0 Å². The van der Waals surface area contributed by atoms with Gasteiger partial charge >= 0.3 is 0 Å². The minimum absolute atomic E-state index is 0.290. The van der Waals surface area contributed by atoms with Crippen LogP contribution in [0.3, 0.4) is 0 Å². The van der Waals surface area contributed by atoms with Crippen LogP contribution in [0.4, 0.5) is 5.69 Å². The molecule has 0 radical (unpaired) electrons. The molecule has 1 aliphatic heterocycles. The molecule has 2 unspecified atom stereocenters. The van der Waals surface area contributed by atoms with Gasteiger partial charge in [0.25, 0.3) is 0 Å². The van der Waals surface area contributed by atoms with Gasteiger partial charge in [-0.25, -0.2) is 24.9 Å². The van der Waals surface area contributed by atoms with Gasteiger partial charge in [0, 0.05) is 39.4 Å². The minimum Gasteiger partial charge on any atom is -0.484 e. The Labute approximate surface area is 288 Å². The second-order valence-electron chi connectivity index (χ2n) is 12.0. The molecule has 0 N–H and O–H groups in total. The minimum atomic E-state index is -0.370. The number of benzene rings is 5. The van der Waals surface area contributed by atoms with Crippen molar-refractivity contribution < 1.29 is 9.15 Å². The van der Waals surface area contributed by atoms with Crippen LogP contribution in [0.5, 0.6) is 5.75 Å². The van der Waals surface area contributed by atoms with Crippen LogP contribution in [0.25, 0.3) is 50.7 Å². The lowest BCUT2D eigenvalue weighted by Crippen LogP contribution is -2.30. The first-order chi connectivity index (χ1) is 24.8. The Balaban J connectivity index is 1.15. The summed E-state index contributed by atoms with van der Waals surface area (Å²) >= 11 is 0. The van der Waals surface area contributed by atoms with Crippen LogP contribution < -0.4 is 4.74 Å². The Morgan fingerprint density at radius 1 is 0.660 bits per heavy atom. The summed E-state index contributed by atoms with van der Waals surface area (Å²) in [6.45, 7) is 0. The molecule has 0 spiro atoms. The van der Waals surface area contributed by atoms with Gasteiger partial charge < -0.3 is 9.15 Å². The Hall–Kier alpha value is -6.73. The van der Waals surface area contributed by atoms with Crippen molar-refractivity contribution in [3.05, 3.63) is 169 Å². The number of hydrogen-bond donors (Lipinski definition) is 0. The quantitative estimate of drug-likeness (QED) is 0.133. The van der Waals surface area contributed by atoms with Crippen molar-refractivity contribution in [1.82, 2.24) is 15.0 Å². The van der Waals surface area contributed by atoms with E-state index >= 15 is 0 Å². The summed E-state index contributed by atoms with van der Waals surface area (Å²) in [4.78, 5) is 25.1. The summed E-state index contributed by atoms with van der Waals surface area (Å²) in [5.74, 6) is 2.87. The normalized spacial score (nSPS) is 16.6. The zero-order valence-electron chi connectivity index (χ0n) is 26.8. The first kappa shape index (κ1) is 29.4. The highest BCUT2D eigenvalue weighted by atomic mass is 16.5. The lowest BCUT2D eigenvalue weighted by molar-refractivity contribution is 0.255. The van der Waals surface area contributed by atoms with E-state index in [1.165, 1.54) is 0 Å². The number of para-hydroxylation sites is 1. The van der Waals surface area contributed by atoms with Gasteiger partial charge in [0.05, 0.1) is 5.92 Å². The van der Waals surface area contributed by atoms with E-state index in [0.29, 0.717) is 29.0 Å². The van der Waals surface area contributed by atoms with E-state index in [1.54, 1.807) is 6.26 Å². The standard InChI is InChI=1S/C43H29N5O2/c1-4-14-28(15-5-1)26-44-42(45-35-27-49-36-24-11-10-20-31(35)36)34-23-12-21-32-38-33(22-13-25-37(38)50-39(32)34)43-47-40(29-16-6-2-7-17-29)46-41(48-43)30-18-8-3-9-19-30/h1-27,34,39H. The highest BCUT2D eigenvalue weighted by Crippen LogP contribution is 2.47. The number of aromatic nitrogens is 3. The third-order valence-corrected chi connectivity index (χ3v) is 8.88. The lowest BCUT2D eigenvalue weighted by atomic mass is 9.86. The maximum absolute atomic E-state index is 6.79. The molecule has 5 aromatic carbocycles. The molecule has 0 saturated heterocycles. The van der Waals surface area contributed by atoms with Crippen LogP contribution in [-0.2, 0) is 0 Å². The number of furan rings is 1. The second kappa shape index (κ2) is 12.7. The Morgan fingerprint density at radius 3 is 2.06 bits per heavy atom. The van der Waals surface area contributed by atoms with Crippen LogP contribution >= 0.6 is 0 Å². The lowest BCUT2D eigenvalue weighted by Gasteiger charge is -2.24. The van der Waals surface area contributed by atoms with Gasteiger partial charge in [-0.2, -0.15) is 0 Å². The summed E-state index contributed by atoms with van der Waals surface area (Å²) in [7, 11) is 0. The predicted octanol–water partition coefficient (Wildman–Crippen LogP) is 9.80. The average Bonchev–Trinajstić information content (AvgIpc) is 3.79. The monoisotopic (exact) mass is 647 g/mol. The number of nitrogens with zero attached hydrogens (tertiary/aromatic N) is 5. The highest BCUT2D eigenvalue weighted by molar-refractivity contribution is 6.03. The van der Waals surface area contributed by atoms with Crippen LogP contribution in [-0.4, -0.2) is 33.1 Å².